The van der Waals surface area contributed by atoms with E-state index in [-0.39, 0.29) is 30.6 Å². The van der Waals surface area contributed by atoms with E-state index in [0.29, 0.717) is 18.7 Å². The molecule has 164 valence electrons. The third-order valence-electron chi connectivity index (χ3n) is 4.77. The maximum Gasteiger partial charge on any atom is 0.251 e. The van der Waals surface area contributed by atoms with E-state index in [2.05, 4.69) is 5.32 Å². The van der Waals surface area contributed by atoms with Crippen molar-refractivity contribution < 1.29 is 23.1 Å². The molecule has 0 aliphatic rings. The lowest BCUT2D eigenvalue weighted by Crippen LogP contribution is -2.31. The first-order valence-electron chi connectivity index (χ1n) is 10.0. The number of aliphatic hydroxyl groups excluding tert-OH is 1. The molecule has 0 aromatic heterocycles. The molecule has 0 spiro atoms. The van der Waals surface area contributed by atoms with Crippen molar-refractivity contribution in [2.45, 2.75) is 31.8 Å². The number of ether oxygens (including phenoxy) is 1. The van der Waals surface area contributed by atoms with E-state index in [4.69, 9.17) is 9.84 Å². The standard InChI is InChI=1S/C22H30N2O5S/c1-4-24(5-2)30(27,28)20-12-10-19(11-13-20)22(26)23-16-21(29-15-14-25)18-8-6-17(3)7-9-18/h6-13,21,25H,4-5,14-16H2,1-3H3,(H,23,26). The van der Waals surface area contributed by atoms with Crippen LogP contribution < -0.4 is 5.32 Å². The van der Waals surface area contributed by atoms with Crippen LogP contribution in [0.1, 0.15) is 41.4 Å². The summed E-state index contributed by atoms with van der Waals surface area (Å²) in [6.45, 7) is 6.59. The van der Waals surface area contributed by atoms with Crippen LogP contribution in [0.25, 0.3) is 0 Å². The predicted octanol–water partition coefficient (Wildman–Crippen LogP) is 2.51. The first kappa shape index (κ1) is 24.0. The van der Waals surface area contributed by atoms with Gasteiger partial charge in [0.25, 0.3) is 5.91 Å². The normalized spacial score (nSPS) is 12.7. The highest BCUT2D eigenvalue weighted by Gasteiger charge is 2.22. The van der Waals surface area contributed by atoms with Crippen LogP contribution in [0.3, 0.4) is 0 Å². The summed E-state index contributed by atoms with van der Waals surface area (Å²) in [6.07, 6.45) is -0.399. The topological polar surface area (TPSA) is 95.9 Å². The summed E-state index contributed by atoms with van der Waals surface area (Å²) in [6, 6.07) is 13.7. The molecule has 1 atom stereocenters. The molecule has 7 nitrogen and oxygen atoms in total. The fourth-order valence-electron chi connectivity index (χ4n) is 3.03. The first-order valence-corrected chi connectivity index (χ1v) is 11.4. The largest absolute Gasteiger partial charge is 0.394 e. The van der Waals surface area contributed by atoms with E-state index in [0.717, 1.165) is 11.1 Å². The number of amides is 1. The van der Waals surface area contributed by atoms with E-state index in [1.54, 1.807) is 13.8 Å². The van der Waals surface area contributed by atoms with Gasteiger partial charge in [0.05, 0.1) is 24.2 Å². The van der Waals surface area contributed by atoms with Crippen molar-refractivity contribution >= 4 is 15.9 Å². The summed E-state index contributed by atoms with van der Waals surface area (Å²) in [5.74, 6) is -0.327. The van der Waals surface area contributed by atoms with Gasteiger partial charge in [-0.1, -0.05) is 43.7 Å². The summed E-state index contributed by atoms with van der Waals surface area (Å²) in [5.41, 5.74) is 2.37. The summed E-state index contributed by atoms with van der Waals surface area (Å²) in [4.78, 5) is 12.7. The average Bonchev–Trinajstić information content (AvgIpc) is 2.75. The quantitative estimate of drug-likeness (QED) is 0.567. The number of rotatable bonds is 11. The van der Waals surface area contributed by atoms with E-state index in [9.17, 15) is 13.2 Å². The maximum absolute atomic E-state index is 12.6. The number of sulfonamides is 1. The SMILES string of the molecule is CCN(CC)S(=O)(=O)c1ccc(C(=O)NCC(OCCO)c2ccc(C)cc2)cc1. The Balaban J connectivity index is 2.08. The number of carbonyl (C=O) groups is 1. The van der Waals surface area contributed by atoms with Crippen LogP contribution in [0.2, 0.25) is 0 Å². The second-order valence-electron chi connectivity index (χ2n) is 6.82. The molecule has 0 aliphatic heterocycles. The van der Waals surface area contributed by atoms with Crippen molar-refractivity contribution in [1.82, 2.24) is 9.62 Å². The molecule has 0 bridgehead atoms. The molecular formula is C22H30N2O5S. The Kier molecular flexibility index (Phi) is 8.98. The van der Waals surface area contributed by atoms with Gasteiger partial charge in [-0.15, -0.1) is 0 Å². The molecule has 2 N–H and O–H groups in total. The van der Waals surface area contributed by atoms with Gasteiger partial charge in [0.1, 0.15) is 0 Å². The zero-order chi connectivity index (χ0) is 22.1. The Morgan fingerprint density at radius 3 is 2.20 bits per heavy atom. The lowest BCUT2D eigenvalue weighted by molar-refractivity contribution is 0.0277. The van der Waals surface area contributed by atoms with Gasteiger partial charge in [0.15, 0.2) is 0 Å². The summed E-state index contributed by atoms with van der Waals surface area (Å²) >= 11 is 0. The molecule has 0 fully saturated rings. The van der Waals surface area contributed by atoms with Gasteiger partial charge in [0, 0.05) is 25.2 Å². The van der Waals surface area contributed by atoms with Crippen molar-refractivity contribution in [1.29, 1.82) is 0 Å². The number of carbonyl (C=O) groups excluding carboxylic acids is 1. The maximum atomic E-state index is 12.6. The number of benzene rings is 2. The fourth-order valence-corrected chi connectivity index (χ4v) is 4.49. The van der Waals surface area contributed by atoms with Gasteiger partial charge in [-0.2, -0.15) is 4.31 Å². The highest BCUT2D eigenvalue weighted by atomic mass is 32.2. The summed E-state index contributed by atoms with van der Waals surface area (Å²) < 4.78 is 32.2. The molecule has 1 unspecified atom stereocenters. The van der Waals surface area contributed by atoms with Crippen LogP contribution in [-0.2, 0) is 14.8 Å². The van der Waals surface area contributed by atoms with E-state index < -0.39 is 16.1 Å². The van der Waals surface area contributed by atoms with Crippen LogP contribution in [0.4, 0.5) is 0 Å². The molecular weight excluding hydrogens is 404 g/mol. The first-order chi connectivity index (χ1) is 14.3. The van der Waals surface area contributed by atoms with Gasteiger partial charge >= 0.3 is 0 Å². The van der Waals surface area contributed by atoms with Gasteiger partial charge in [-0.25, -0.2) is 8.42 Å². The Hall–Kier alpha value is -2.26. The zero-order valence-corrected chi connectivity index (χ0v) is 18.5. The van der Waals surface area contributed by atoms with Crippen LogP contribution in [0, 0.1) is 6.92 Å². The lowest BCUT2D eigenvalue weighted by atomic mass is 10.1. The van der Waals surface area contributed by atoms with Gasteiger partial charge in [0.2, 0.25) is 10.0 Å². The Labute approximate surface area is 178 Å². The van der Waals surface area contributed by atoms with Crippen molar-refractivity contribution in [3.05, 3.63) is 65.2 Å². The number of hydrogen-bond acceptors (Lipinski definition) is 5. The van der Waals surface area contributed by atoms with Gasteiger partial charge in [-0.05, 0) is 36.8 Å². The molecule has 0 saturated carbocycles. The minimum atomic E-state index is -3.56. The van der Waals surface area contributed by atoms with E-state index in [1.807, 2.05) is 31.2 Å². The molecule has 1 amide bonds. The second kappa shape index (κ2) is 11.2. The minimum absolute atomic E-state index is 0.112. The minimum Gasteiger partial charge on any atom is -0.394 e. The Morgan fingerprint density at radius 2 is 1.67 bits per heavy atom. The Bertz CT molecular complexity index is 908. The molecule has 2 aromatic carbocycles. The molecule has 0 saturated heterocycles. The Morgan fingerprint density at radius 1 is 1.07 bits per heavy atom. The highest BCUT2D eigenvalue weighted by molar-refractivity contribution is 7.89. The fraction of sp³-hybridized carbons (Fsp3) is 0.409. The average molecular weight is 435 g/mol. The van der Waals surface area contributed by atoms with Crippen molar-refractivity contribution in [2.24, 2.45) is 0 Å². The van der Waals surface area contributed by atoms with Crippen LogP contribution in [-0.4, -0.2) is 56.6 Å². The third kappa shape index (κ3) is 6.12. The molecule has 2 aromatic rings. The molecule has 0 heterocycles. The van der Waals surface area contributed by atoms with E-state index in [1.165, 1.54) is 28.6 Å². The molecule has 30 heavy (non-hydrogen) atoms. The summed E-state index contributed by atoms with van der Waals surface area (Å²) in [7, 11) is -3.56. The van der Waals surface area contributed by atoms with Crippen molar-refractivity contribution in [3.63, 3.8) is 0 Å². The van der Waals surface area contributed by atoms with Gasteiger partial charge < -0.3 is 15.2 Å². The number of aliphatic hydroxyl groups is 1. The number of nitrogens with one attached hydrogen (secondary N) is 1. The monoisotopic (exact) mass is 434 g/mol. The van der Waals surface area contributed by atoms with Crippen LogP contribution in [0.5, 0.6) is 0 Å². The third-order valence-corrected chi connectivity index (χ3v) is 6.83. The van der Waals surface area contributed by atoms with Crippen LogP contribution in [0.15, 0.2) is 53.4 Å². The number of nitrogens with zero attached hydrogens (tertiary/aromatic N) is 1. The van der Waals surface area contributed by atoms with E-state index >= 15 is 0 Å². The smallest absolute Gasteiger partial charge is 0.251 e. The number of hydrogen-bond donors (Lipinski definition) is 2. The van der Waals surface area contributed by atoms with Crippen molar-refractivity contribution in [2.75, 3.05) is 32.8 Å². The molecule has 0 aliphatic carbocycles. The van der Waals surface area contributed by atoms with Crippen molar-refractivity contribution in [3.8, 4) is 0 Å². The molecule has 8 heteroatoms. The molecule has 0 radical (unpaired) electrons. The number of aryl methyl sites for hydroxylation is 1. The van der Waals surface area contributed by atoms with Crippen LogP contribution >= 0.6 is 0 Å². The zero-order valence-electron chi connectivity index (χ0n) is 17.7. The second-order valence-corrected chi connectivity index (χ2v) is 8.76. The molecule has 2 rings (SSSR count). The lowest BCUT2D eigenvalue weighted by Gasteiger charge is -2.19. The van der Waals surface area contributed by atoms with Gasteiger partial charge in [-0.3, -0.25) is 4.79 Å². The highest BCUT2D eigenvalue weighted by Crippen LogP contribution is 2.19. The predicted molar refractivity (Wildman–Crippen MR) is 116 cm³/mol. The summed E-state index contributed by atoms with van der Waals surface area (Å²) in [5, 5.41) is 11.9.